The molecular weight excluding hydrogens is 252 g/mol. The molecule has 108 valence electrons. The predicted molar refractivity (Wildman–Crippen MR) is 63.1 cm³/mol. The number of fused-ring (bicyclic) bond motifs is 3. The van der Waals surface area contributed by atoms with Crippen molar-refractivity contribution in [2.24, 2.45) is 0 Å². The summed E-state index contributed by atoms with van der Waals surface area (Å²) in [6, 6.07) is 0. The Balaban J connectivity index is 0.000000528. The third kappa shape index (κ3) is 1.89. The van der Waals surface area contributed by atoms with Crippen LogP contribution in [0.2, 0.25) is 0 Å². The van der Waals surface area contributed by atoms with Crippen molar-refractivity contribution in [3.05, 3.63) is 0 Å². The summed E-state index contributed by atoms with van der Waals surface area (Å²) >= 11 is 0. The Labute approximate surface area is 112 Å². The number of carbonyl (C=O) groups is 1. The van der Waals surface area contributed by atoms with Gasteiger partial charge in [-0.15, -0.1) is 0 Å². The number of aliphatic hydroxyl groups excluding tert-OH is 1. The molecule has 5 unspecified atom stereocenters. The summed E-state index contributed by atoms with van der Waals surface area (Å²) in [7, 11) is 0. The molecule has 3 saturated heterocycles. The molecule has 0 bridgehead atoms. The van der Waals surface area contributed by atoms with Crippen molar-refractivity contribution in [3.63, 3.8) is 0 Å². The van der Waals surface area contributed by atoms with Crippen LogP contribution < -0.4 is 0 Å². The molecule has 4 rings (SSSR count). The number of carbonyl (C=O) groups excluding carboxylic acids is 1. The molecule has 3 heterocycles. The van der Waals surface area contributed by atoms with Crippen molar-refractivity contribution in [1.82, 2.24) is 0 Å². The predicted octanol–water partition coefficient (Wildman–Crippen LogP) is 0.709. The second kappa shape index (κ2) is 4.70. The van der Waals surface area contributed by atoms with E-state index in [0.29, 0.717) is 0 Å². The average molecular weight is 272 g/mol. The highest BCUT2D eigenvalue weighted by molar-refractivity contribution is 5.78. The number of hydrogen-bond donors (Lipinski definition) is 1. The number of rotatable bonds is 0. The minimum atomic E-state index is -1.21. The minimum absolute atomic E-state index is 0.390. The second-order valence-electron chi connectivity index (χ2n) is 5.13. The molecule has 0 aromatic carbocycles. The molecule has 1 N–H and O–H groups in total. The van der Waals surface area contributed by atoms with E-state index < -0.39 is 36.4 Å². The summed E-state index contributed by atoms with van der Waals surface area (Å²) < 4.78 is 22.3. The van der Waals surface area contributed by atoms with Gasteiger partial charge in [0.25, 0.3) is 0 Å². The average Bonchev–Trinajstić information content (AvgIpc) is 3.13. The first-order chi connectivity index (χ1) is 9.19. The van der Waals surface area contributed by atoms with E-state index in [1.807, 2.05) is 13.8 Å². The highest BCUT2D eigenvalue weighted by atomic mass is 16.8. The van der Waals surface area contributed by atoms with Gasteiger partial charge in [0.1, 0.15) is 6.10 Å². The summed E-state index contributed by atoms with van der Waals surface area (Å²) in [5, 5.41) is 9.57. The number of aliphatic hydroxyl groups is 1. The van der Waals surface area contributed by atoms with Crippen molar-refractivity contribution in [2.45, 2.75) is 76.0 Å². The Morgan fingerprint density at radius 2 is 1.79 bits per heavy atom. The van der Waals surface area contributed by atoms with Gasteiger partial charge in [0.15, 0.2) is 30.4 Å². The van der Waals surface area contributed by atoms with Crippen LogP contribution in [0, 0.1) is 0 Å². The molecule has 0 amide bonds. The maximum absolute atomic E-state index is 11.2. The molecule has 1 spiro atoms. The summed E-state index contributed by atoms with van der Waals surface area (Å²) in [6.07, 6.45) is 0.599. The maximum Gasteiger partial charge on any atom is 0.338 e. The fourth-order valence-corrected chi connectivity index (χ4v) is 3.23. The lowest BCUT2D eigenvalue weighted by Gasteiger charge is -2.24. The molecule has 6 nitrogen and oxygen atoms in total. The van der Waals surface area contributed by atoms with Crippen LogP contribution in [0.15, 0.2) is 0 Å². The van der Waals surface area contributed by atoms with Crippen LogP contribution in [0.5, 0.6) is 0 Å². The number of ether oxygens (including phenoxy) is 4. The van der Waals surface area contributed by atoms with Crippen molar-refractivity contribution in [2.75, 3.05) is 0 Å². The molecule has 4 aliphatic rings. The van der Waals surface area contributed by atoms with E-state index in [-0.39, 0.29) is 6.10 Å². The molecule has 5 atom stereocenters. The standard InChI is InChI=1S/C11H14O6.C2H6/c12-5-6-7(14-9(5)13)8-10(15-6)17-11(16-8)3-1-2-4-11;1-2/h5-8,10,12H,1-4H2;1-2H3. The van der Waals surface area contributed by atoms with Crippen molar-refractivity contribution >= 4 is 5.97 Å². The van der Waals surface area contributed by atoms with Crippen LogP contribution in [0.1, 0.15) is 39.5 Å². The van der Waals surface area contributed by atoms with Gasteiger partial charge in [-0.3, -0.25) is 0 Å². The first-order valence-electron chi connectivity index (χ1n) is 7.08. The van der Waals surface area contributed by atoms with Crippen LogP contribution >= 0.6 is 0 Å². The number of hydrogen-bond acceptors (Lipinski definition) is 6. The van der Waals surface area contributed by atoms with E-state index in [1.54, 1.807) is 0 Å². The van der Waals surface area contributed by atoms with Gasteiger partial charge in [-0.2, -0.15) is 0 Å². The van der Waals surface area contributed by atoms with Gasteiger partial charge < -0.3 is 24.1 Å². The highest BCUT2D eigenvalue weighted by Gasteiger charge is 2.64. The van der Waals surface area contributed by atoms with E-state index >= 15 is 0 Å². The smallest absolute Gasteiger partial charge is 0.338 e. The van der Waals surface area contributed by atoms with Gasteiger partial charge in [-0.1, -0.05) is 13.8 Å². The third-order valence-corrected chi connectivity index (χ3v) is 4.06. The lowest BCUT2D eigenvalue weighted by Crippen LogP contribution is -2.36. The SMILES string of the molecule is CC.O=C1OC2C3OC4(CCCC4)OC3OC2C1O. The molecule has 0 aromatic rings. The van der Waals surface area contributed by atoms with E-state index in [0.717, 1.165) is 25.7 Å². The summed E-state index contributed by atoms with van der Waals surface area (Å²) in [5.74, 6) is -1.17. The van der Waals surface area contributed by atoms with E-state index in [2.05, 4.69) is 0 Å². The maximum atomic E-state index is 11.2. The summed E-state index contributed by atoms with van der Waals surface area (Å²) in [5.41, 5.74) is 0. The van der Waals surface area contributed by atoms with E-state index in [9.17, 15) is 9.90 Å². The molecule has 0 radical (unpaired) electrons. The van der Waals surface area contributed by atoms with Crippen molar-refractivity contribution in [1.29, 1.82) is 0 Å². The Hall–Kier alpha value is -0.690. The number of esters is 1. The Morgan fingerprint density at radius 3 is 2.47 bits per heavy atom. The Kier molecular flexibility index (Phi) is 3.29. The van der Waals surface area contributed by atoms with Gasteiger partial charge in [-0.25, -0.2) is 4.79 Å². The van der Waals surface area contributed by atoms with Gasteiger partial charge in [0.05, 0.1) is 0 Å². The Bertz CT molecular complexity index is 364. The van der Waals surface area contributed by atoms with E-state index in [1.165, 1.54) is 0 Å². The second-order valence-corrected chi connectivity index (χ2v) is 5.13. The van der Waals surface area contributed by atoms with Crippen LogP contribution in [-0.2, 0) is 23.7 Å². The van der Waals surface area contributed by atoms with Gasteiger partial charge in [-0.05, 0) is 12.8 Å². The molecule has 6 heteroatoms. The van der Waals surface area contributed by atoms with Crippen molar-refractivity contribution in [3.8, 4) is 0 Å². The molecular formula is C13H20O6. The Morgan fingerprint density at radius 1 is 1.11 bits per heavy atom. The van der Waals surface area contributed by atoms with Crippen LogP contribution in [0.4, 0.5) is 0 Å². The van der Waals surface area contributed by atoms with E-state index in [4.69, 9.17) is 18.9 Å². The zero-order valence-corrected chi connectivity index (χ0v) is 11.2. The van der Waals surface area contributed by atoms with Crippen molar-refractivity contribution < 1.29 is 28.8 Å². The van der Waals surface area contributed by atoms with Gasteiger partial charge >= 0.3 is 5.97 Å². The zero-order valence-electron chi connectivity index (χ0n) is 11.2. The molecule has 1 aliphatic carbocycles. The third-order valence-electron chi connectivity index (χ3n) is 4.06. The fraction of sp³-hybridized carbons (Fsp3) is 0.923. The topological polar surface area (TPSA) is 74.2 Å². The van der Waals surface area contributed by atoms with Crippen LogP contribution in [-0.4, -0.2) is 47.6 Å². The summed E-state index contributed by atoms with van der Waals surface area (Å²) in [6.45, 7) is 4.00. The fourth-order valence-electron chi connectivity index (χ4n) is 3.23. The molecule has 19 heavy (non-hydrogen) atoms. The van der Waals surface area contributed by atoms with Crippen LogP contribution in [0.25, 0.3) is 0 Å². The first kappa shape index (κ1) is 13.3. The monoisotopic (exact) mass is 272 g/mol. The lowest BCUT2D eigenvalue weighted by atomic mass is 10.1. The molecule has 1 saturated carbocycles. The van der Waals surface area contributed by atoms with Gasteiger partial charge in [0, 0.05) is 12.8 Å². The molecule has 4 fully saturated rings. The van der Waals surface area contributed by atoms with Crippen LogP contribution in [0.3, 0.4) is 0 Å². The zero-order chi connectivity index (χ0) is 13.6. The van der Waals surface area contributed by atoms with Gasteiger partial charge in [0.2, 0.25) is 0 Å². The molecule has 3 aliphatic heterocycles. The quantitative estimate of drug-likeness (QED) is 0.655. The first-order valence-corrected chi connectivity index (χ1v) is 7.08. The summed E-state index contributed by atoms with van der Waals surface area (Å²) in [4.78, 5) is 11.2. The lowest BCUT2D eigenvalue weighted by molar-refractivity contribution is -0.229. The largest absolute Gasteiger partial charge is 0.454 e. The normalized spacial score (nSPS) is 45.6. The minimum Gasteiger partial charge on any atom is -0.454 e. The highest BCUT2D eigenvalue weighted by Crippen LogP contribution is 2.48. The molecule has 0 aromatic heterocycles.